The topological polar surface area (TPSA) is 70.7 Å². The zero-order chi connectivity index (χ0) is 16.3. The average molecular weight is 312 g/mol. The number of nitrogens with one attached hydrogen (secondary N) is 2. The molecule has 0 unspecified atom stereocenters. The summed E-state index contributed by atoms with van der Waals surface area (Å²) in [5, 5.41) is 9.06. The molecule has 0 aliphatic rings. The fraction of sp³-hybridized carbons (Fsp3) is 0.357. The maximum absolute atomic E-state index is 12.2. The van der Waals surface area contributed by atoms with Crippen LogP contribution >= 0.6 is 0 Å². The summed E-state index contributed by atoms with van der Waals surface area (Å²) < 4.78 is 36.7. The molecule has 0 atom stereocenters. The minimum atomic E-state index is -4.55. The summed E-state index contributed by atoms with van der Waals surface area (Å²) in [5.41, 5.74) is 0.701. The van der Waals surface area contributed by atoms with Gasteiger partial charge in [-0.05, 0) is 12.1 Å². The Bertz CT molecular complexity index is 664. The molecule has 0 aliphatic carbocycles. The number of aromatic amines is 1. The summed E-state index contributed by atoms with van der Waals surface area (Å²) in [4.78, 5) is 15.7. The molecule has 1 heterocycles. The van der Waals surface area contributed by atoms with E-state index in [1.165, 1.54) is 6.07 Å². The number of amides is 1. The molecule has 0 bridgehead atoms. The lowest BCUT2D eigenvalue weighted by Gasteiger charge is -2.10. The van der Waals surface area contributed by atoms with Gasteiger partial charge < -0.3 is 5.32 Å². The molecule has 0 fully saturated rings. The number of hydrogen-bond acceptors (Lipinski definition) is 3. The van der Waals surface area contributed by atoms with Gasteiger partial charge in [0.1, 0.15) is 12.2 Å². The number of aromatic nitrogens is 3. The predicted octanol–water partition coefficient (Wildman–Crippen LogP) is 3.49. The van der Waals surface area contributed by atoms with Crippen molar-refractivity contribution in [1.29, 1.82) is 0 Å². The van der Waals surface area contributed by atoms with Crippen molar-refractivity contribution in [3.63, 3.8) is 0 Å². The third kappa shape index (κ3) is 4.06. The van der Waals surface area contributed by atoms with Crippen molar-refractivity contribution in [2.75, 3.05) is 5.32 Å². The lowest BCUT2D eigenvalue weighted by molar-refractivity contribution is -0.150. The van der Waals surface area contributed by atoms with Crippen LogP contribution in [-0.4, -0.2) is 27.3 Å². The van der Waals surface area contributed by atoms with Crippen LogP contribution in [0.15, 0.2) is 24.3 Å². The summed E-state index contributed by atoms with van der Waals surface area (Å²) in [7, 11) is 0. The summed E-state index contributed by atoms with van der Waals surface area (Å²) in [6, 6.07) is 6.45. The van der Waals surface area contributed by atoms with E-state index in [9.17, 15) is 18.0 Å². The molecule has 0 spiro atoms. The van der Waals surface area contributed by atoms with Crippen LogP contribution in [0.1, 0.15) is 32.0 Å². The number of para-hydroxylation sites is 1. The molecule has 1 aromatic heterocycles. The van der Waals surface area contributed by atoms with Crippen LogP contribution in [0.2, 0.25) is 0 Å². The number of carbonyl (C=O) groups is 1. The van der Waals surface area contributed by atoms with Crippen LogP contribution in [0, 0.1) is 0 Å². The maximum Gasteiger partial charge on any atom is 0.397 e. The van der Waals surface area contributed by atoms with Crippen molar-refractivity contribution in [3.05, 3.63) is 30.1 Å². The Morgan fingerprint density at radius 2 is 2.00 bits per heavy atom. The molecule has 118 valence electrons. The van der Waals surface area contributed by atoms with Crippen molar-refractivity contribution in [3.8, 4) is 11.4 Å². The first-order valence-corrected chi connectivity index (χ1v) is 6.64. The lowest BCUT2D eigenvalue weighted by atomic mass is 10.1. The van der Waals surface area contributed by atoms with Crippen molar-refractivity contribution in [2.24, 2.45) is 0 Å². The molecular weight excluding hydrogens is 297 g/mol. The van der Waals surface area contributed by atoms with Gasteiger partial charge in [-0.25, -0.2) is 4.98 Å². The smallest absolute Gasteiger partial charge is 0.325 e. The first-order chi connectivity index (χ1) is 10.3. The molecule has 1 aromatic carbocycles. The minimum Gasteiger partial charge on any atom is -0.325 e. The van der Waals surface area contributed by atoms with Gasteiger partial charge in [0.15, 0.2) is 5.82 Å². The zero-order valence-electron chi connectivity index (χ0n) is 12.0. The summed E-state index contributed by atoms with van der Waals surface area (Å²) in [6.07, 6.45) is -6.08. The van der Waals surface area contributed by atoms with Gasteiger partial charge >= 0.3 is 6.18 Å². The molecule has 1 amide bonds. The number of benzene rings is 1. The molecule has 0 saturated heterocycles. The highest BCUT2D eigenvalue weighted by Gasteiger charge is 2.31. The SMILES string of the molecule is CC(C)c1nc(-c2ccccc2NC(=O)CC(F)(F)F)n[nH]1. The third-order valence-corrected chi connectivity index (χ3v) is 2.85. The third-order valence-electron chi connectivity index (χ3n) is 2.85. The molecule has 8 heteroatoms. The first kappa shape index (κ1) is 16.0. The van der Waals surface area contributed by atoms with Gasteiger partial charge in [0, 0.05) is 11.5 Å². The normalized spacial score (nSPS) is 11.7. The van der Waals surface area contributed by atoms with Crippen molar-refractivity contribution < 1.29 is 18.0 Å². The maximum atomic E-state index is 12.2. The van der Waals surface area contributed by atoms with Crippen molar-refractivity contribution in [2.45, 2.75) is 32.4 Å². The van der Waals surface area contributed by atoms with Crippen LogP contribution in [0.4, 0.5) is 18.9 Å². The van der Waals surface area contributed by atoms with E-state index in [0.717, 1.165) is 0 Å². The van der Waals surface area contributed by atoms with E-state index in [0.29, 0.717) is 17.2 Å². The predicted molar refractivity (Wildman–Crippen MR) is 75.2 cm³/mol. The molecule has 2 aromatic rings. The van der Waals surface area contributed by atoms with Gasteiger partial charge in [-0.2, -0.15) is 18.3 Å². The second kappa shape index (κ2) is 6.17. The average Bonchev–Trinajstić information content (AvgIpc) is 2.86. The number of carbonyl (C=O) groups excluding carboxylic acids is 1. The fourth-order valence-electron chi connectivity index (χ4n) is 1.82. The van der Waals surface area contributed by atoms with Crippen molar-refractivity contribution in [1.82, 2.24) is 15.2 Å². The van der Waals surface area contributed by atoms with E-state index >= 15 is 0 Å². The highest BCUT2D eigenvalue weighted by molar-refractivity contribution is 5.95. The number of alkyl halides is 3. The van der Waals surface area contributed by atoms with Crippen LogP contribution in [0.25, 0.3) is 11.4 Å². The lowest BCUT2D eigenvalue weighted by Crippen LogP contribution is -2.21. The monoisotopic (exact) mass is 312 g/mol. The molecule has 2 rings (SSSR count). The van der Waals surface area contributed by atoms with Gasteiger partial charge in [0.2, 0.25) is 5.91 Å². The number of rotatable bonds is 4. The van der Waals surface area contributed by atoms with Gasteiger partial charge in [-0.1, -0.05) is 26.0 Å². The standard InChI is InChI=1S/C14H15F3N4O/c1-8(2)12-19-13(21-20-12)9-5-3-4-6-10(9)18-11(22)7-14(15,16)17/h3-6,8H,7H2,1-2H3,(H,18,22)(H,19,20,21). The Kier molecular flexibility index (Phi) is 4.48. The van der Waals surface area contributed by atoms with E-state index in [4.69, 9.17) is 0 Å². The van der Waals surface area contributed by atoms with Crippen LogP contribution in [-0.2, 0) is 4.79 Å². The molecular formula is C14H15F3N4O. The largest absolute Gasteiger partial charge is 0.397 e. The van der Waals surface area contributed by atoms with Crippen LogP contribution < -0.4 is 5.32 Å². The summed E-state index contributed by atoms with van der Waals surface area (Å²) >= 11 is 0. The summed E-state index contributed by atoms with van der Waals surface area (Å²) in [5.74, 6) is -0.00849. The molecule has 0 saturated carbocycles. The van der Waals surface area contributed by atoms with Crippen molar-refractivity contribution >= 4 is 11.6 Å². The zero-order valence-corrected chi connectivity index (χ0v) is 12.0. The molecule has 22 heavy (non-hydrogen) atoms. The van der Waals surface area contributed by atoms with Gasteiger partial charge in [0.25, 0.3) is 0 Å². The molecule has 5 nitrogen and oxygen atoms in total. The first-order valence-electron chi connectivity index (χ1n) is 6.64. The second-order valence-electron chi connectivity index (χ2n) is 5.08. The van der Waals surface area contributed by atoms with Gasteiger partial charge in [-0.15, -0.1) is 0 Å². The summed E-state index contributed by atoms with van der Waals surface area (Å²) in [6.45, 7) is 3.86. The number of halogens is 3. The molecule has 0 radical (unpaired) electrons. The highest BCUT2D eigenvalue weighted by atomic mass is 19.4. The van der Waals surface area contributed by atoms with E-state index < -0.39 is 18.5 Å². The van der Waals surface area contributed by atoms with Gasteiger partial charge in [0.05, 0.1) is 5.69 Å². The highest BCUT2D eigenvalue weighted by Crippen LogP contribution is 2.27. The number of anilines is 1. The molecule has 0 aliphatic heterocycles. The van der Waals surface area contributed by atoms with E-state index in [1.54, 1.807) is 18.2 Å². The van der Waals surface area contributed by atoms with Crippen LogP contribution in [0.5, 0.6) is 0 Å². The molecule has 2 N–H and O–H groups in total. The number of hydrogen-bond donors (Lipinski definition) is 2. The number of nitrogens with zero attached hydrogens (tertiary/aromatic N) is 2. The van der Waals surface area contributed by atoms with Gasteiger partial charge in [-0.3, -0.25) is 9.89 Å². The minimum absolute atomic E-state index is 0.133. The van der Waals surface area contributed by atoms with Crippen LogP contribution in [0.3, 0.4) is 0 Å². The Balaban J connectivity index is 2.24. The quantitative estimate of drug-likeness (QED) is 0.908. The fourth-order valence-corrected chi connectivity index (χ4v) is 1.82. The number of H-pyrrole nitrogens is 1. The Morgan fingerprint density at radius 3 is 2.59 bits per heavy atom. The van der Waals surface area contributed by atoms with E-state index in [-0.39, 0.29) is 11.6 Å². The Morgan fingerprint density at radius 1 is 1.32 bits per heavy atom. The van der Waals surface area contributed by atoms with E-state index in [1.807, 2.05) is 13.8 Å². The Labute approximate surface area is 125 Å². The van der Waals surface area contributed by atoms with E-state index in [2.05, 4.69) is 20.5 Å². The Hall–Kier alpha value is -2.38. The second-order valence-corrected chi connectivity index (χ2v) is 5.08.